The molecule has 0 saturated heterocycles. The van der Waals surface area contributed by atoms with Gasteiger partial charge in [0.1, 0.15) is 6.04 Å². The van der Waals surface area contributed by atoms with Gasteiger partial charge in [-0.1, -0.05) is 37.6 Å². The summed E-state index contributed by atoms with van der Waals surface area (Å²) < 4.78 is 4.83. The fraction of sp³-hybridized carbons (Fsp3) is 0.500. The molecule has 0 radical (unpaired) electrons. The van der Waals surface area contributed by atoms with Gasteiger partial charge >= 0.3 is 5.97 Å². The van der Waals surface area contributed by atoms with E-state index in [9.17, 15) is 4.79 Å². The first-order valence-corrected chi connectivity index (χ1v) is 5.93. The van der Waals surface area contributed by atoms with Crippen LogP contribution < -0.4 is 0 Å². The molecule has 17 heavy (non-hydrogen) atoms. The van der Waals surface area contributed by atoms with Crippen molar-refractivity contribution in [1.29, 1.82) is 0 Å². The van der Waals surface area contributed by atoms with E-state index in [-0.39, 0.29) is 12.0 Å². The molecule has 3 heteroatoms. The van der Waals surface area contributed by atoms with Gasteiger partial charge in [0.2, 0.25) is 0 Å². The van der Waals surface area contributed by atoms with Crippen molar-refractivity contribution >= 4 is 5.97 Å². The number of benzene rings is 1. The maximum atomic E-state index is 11.7. The fourth-order valence-electron chi connectivity index (χ4n) is 1.91. The minimum Gasteiger partial charge on any atom is -0.468 e. The van der Waals surface area contributed by atoms with Crippen LogP contribution in [0.25, 0.3) is 0 Å². The summed E-state index contributed by atoms with van der Waals surface area (Å²) in [6.45, 7) is 2.16. The van der Waals surface area contributed by atoms with Crippen molar-refractivity contribution in [3.05, 3.63) is 35.4 Å². The molecule has 1 aromatic rings. The lowest BCUT2D eigenvalue weighted by molar-refractivity contribution is -0.146. The van der Waals surface area contributed by atoms with Crippen LogP contribution in [0.1, 0.15) is 30.5 Å². The van der Waals surface area contributed by atoms with Crippen LogP contribution in [0, 0.1) is 0 Å². The van der Waals surface area contributed by atoms with E-state index in [0.29, 0.717) is 0 Å². The SMILES string of the molecule is CCCc1ccc(C(C(=O)OC)N(C)C)cc1. The molecule has 0 heterocycles. The molecular weight excluding hydrogens is 214 g/mol. The molecule has 0 bridgehead atoms. The van der Waals surface area contributed by atoms with Crippen molar-refractivity contribution in [3.8, 4) is 0 Å². The van der Waals surface area contributed by atoms with Gasteiger partial charge in [0.15, 0.2) is 0 Å². The number of aryl methyl sites for hydroxylation is 1. The second kappa shape index (κ2) is 6.40. The van der Waals surface area contributed by atoms with Crippen LogP contribution in [0.2, 0.25) is 0 Å². The van der Waals surface area contributed by atoms with Gasteiger partial charge in [0.05, 0.1) is 7.11 Å². The number of nitrogens with zero attached hydrogens (tertiary/aromatic N) is 1. The highest BCUT2D eigenvalue weighted by molar-refractivity contribution is 5.77. The molecule has 0 aliphatic carbocycles. The van der Waals surface area contributed by atoms with Crippen LogP contribution >= 0.6 is 0 Å². The zero-order valence-electron chi connectivity index (χ0n) is 11.1. The maximum Gasteiger partial charge on any atom is 0.327 e. The summed E-state index contributed by atoms with van der Waals surface area (Å²) in [6.07, 6.45) is 2.21. The molecule has 94 valence electrons. The van der Waals surface area contributed by atoms with Crippen LogP contribution in [-0.4, -0.2) is 32.1 Å². The molecule has 0 aliphatic rings. The van der Waals surface area contributed by atoms with Gasteiger partial charge in [-0.05, 0) is 31.6 Å². The number of likely N-dealkylation sites (N-methyl/N-ethyl adjacent to an activating group) is 1. The van der Waals surface area contributed by atoms with Crippen molar-refractivity contribution < 1.29 is 9.53 Å². The van der Waals surface area contributed by atoms with Gasteiger partial charge in [-0.25, -0.2) is 4.79 Å². The first-order chi connectivity index (χ1) is 8.10. The number of methoxy groups -OCH3 is 1. The lowest BCUT2D eigenvalue weighted by atomic mass is 10.0. The minimum atomic E-state index is -0.323. The summed E-state index contributed by atoms with van der Waals surface area (Å²) in [7, 11) is 5.17. The van der Waals surface area contributed by atoms with Gasteiger partial charge in [0.25, 0.3) is 0 Å². The molecule has 0 fully saturated rings. The third-order valence-corrected chi connectivity index (χ3v) is 2.77. The standard InChI is InChI=1S/C14H21NO2/c1-5-6-11-7-9-12(10-8-11)13(15(2)3)14(16)17-4/h7-10,13H,5-6H2,1-4H3. The van der Waals surface area contributed by atoms with Crippen molar-refractivity contribution in [3.63, 3.8) is 0 Å². The Morgan fingerprint density at radius 2 is 1.88 bits per heavy atom. The van der Waals surface area contributed by atoms with E-state index in [0.717, 1.165) is 18.4 Å². The van der Waals surface area contributed by atoms with E-state index in [1.54, 1.807) is 0 Å². The predicted octanol–water partition coefficient (Wildman–Crippen LogP) is 2.41. The van der Waals surface area contributed by atoms with Gasteiger partial charge in [-0.3, -0.25) is 4.90 Å². The minimum absolute atomic E-state index is 0.224. The zero-order valence-corrected chi connectivity index (χ0v) is 11.1. The fourth-order valence-corrected chi connectivity index (χ4v) is 1.91. The molecule has 1 aromatic carbocycles. The normalized spacial score (nSPS) is 12.5. The van der Waals surface area contributed by atoms with E-state index in [1.807, 2.05) is 31.1 Å². The van der Waals surface area contributed by atoms with Gasteiger partial charge in [-0.2, -0.15) is 0 Å². The lowest BCUT2D eigenvalue weighted by Crippen LogP contribution is -2.28. The first-order valence-electron chi connectivity index (χ1n) is 5.93. The van der Waals surface area contributed by atoms with Crippen molar-refractivity contribution in [1.82, 2.24) is 4.90 Å². The van der Waals surface area contributed by atoms with Crippen LogP contribution in [0.3, 0.4) is 0 Å². The molecule has 1 unspecified atom stereocenters. The molecule has 3 nitrogen and oxygen atoms in total. The summed E-state index contributed by atoms with van der Waals surface area (Å²) in [5.41, 5.74) is 2.28. The number of carbonyl (C=O) groups excluding carboxylic acids is 1. The van der Waals surface area contributed by atoms with E-state index in [2.05, 4.69) is 19.1 Å². The molecule has 0 amide bonds. The Labute approximate surface area is 103 Å². The summed E-state index contributed by atoms with van der Waals surface area (Å²) in [5.74, 6) is -0.224. The molecular formula is C14H21NO2. The zero-order chi connectivity index (χ0) is 12.8. The number of carbonyl (C=O) groups is 1. The molecule has 0 N–H and O–H groups in total. The monoisotopic (exact) mass is 235 g/mol. The Morgan fingerprint density at radius 1 is 1.29 bits per heavy atom. The number of ether oxygens (including phenoxy) is 1. The van der Waals surface area contributed by atoms with Crippen LogP contribution in [0.15, 0.2) is 24.3 Å². The Hall–Kier alpha value is -1.35. The predicted molar refractivity (Wildman–Crippen MR) is 68.9 cm³/mol. The molecule has 0 spiro atoms. The third-order valence-electron chi connectivity index (χ3n) is 2.77. The van der Waals surface area contributed by atoms with Crippen molar-refractivity contribution in [2.45, 2.75) is 25.8 Å². The van der Waals surface area contributed by atoms with E-state index in [4.69, 9.17) is 4.74 Å². The highest BCUT2D eigenvalue weighted by atomic mass is 16.5. The second-order valence-electron chi connectivity index (χ2n) is 4.38. The number of hydrogen-bond acceptors (Lipinski definition) is 3. The van der Waals surface area contributed by atoms with Gasteiger partial charge in [0, 0.05) is 0 Å². The smallest absolute Gasteiger partial charge is 0.327 e. The third kappa shape index (κ3) is 3.56. The quantitative estimate of drug-likeness (QED) is 0.734. The average molecular weight is 235 g/mol. The second-order valence-corrected chi connectivity index (χ2v) is 4.38. The van der Waals surface area contributed by atoms with E-state index >= 15 is 0 Å². The number of esters is 1. The first kappa shape index (κ1) is 13.7. The highest BCUT2D eigenvalue weighted by Gasteiger charge is 2.23. The maximum absolute atomic E-state index is 11.7. The topological polar surface area (TPSA) is 29.5 Å². The van der Waals surface area contributed by atoms with Crippen LogP contribution in [-0.2, 0) is 16.0 Å². The number of rotatable bonds is 5. The van der Waals surface area contributed by atoms with E-state index < -0.39 is 0 Å². The number of hydrogen-bond donors (Lipinski definition) is 0. The van der Waals surface area contributed by atoms with Crippen molar-refractivity contribution in [2.24, 2.45) is 0 Å². The Balaban J connectivity index is 2.91. The van der Waals surface area contributed by atoms with Gasteiger partial charge in [-0.15, -0.1) is 0 Å². The Kier molecular flexibility index (Phi) is 5.16. The summed E-state index contributed by atoms with van der Waals surface area (Å²) in [4.78, 5) is 13.6. The average Bonchev–Trinajstić information content (AvgIpc) is 2.31. The summed E-state index contributed by atoms with van der Waals surface area (Å²) >= 11 is 0. The van der Waals surface area contributed by atoms with Crippen molar-refractivity contribution in [2.75, 3.05) is 21.2 Å². The Morgan fingerprint density at radius 3 is 2.29 bits per heavy atom. The molecule has 1 rings (SSSR count). The van der Waals surface area contributed by atoms with E-state index in [1.165, 1.54) is 12.7 Å². The summed E-state index contributed by atoms with van der Waals surface area (Å²) in [5, 5.41) is 0. The van der Waals surface area contributed by atoms with Gasteiger partial charge < -0.3 is 4.74 Å². The lowest BCUT2D eigenvalue weighted by Gasteiger charge is -2.22. The van der Waals surface area contributed by atoms with Crippen LogP contribution in [0.4, 0.5) is 0 Å². The van der Waals surface area contributed by atoms with Crippen LogP contribution in [0.5, 0.6) is 0 Å². The molecule has 1 atom stereocenters. The molecule has 0 aromatic heterocycles. The molecule has 0 aliphatic heterocycles. The molecule has 0 saturated carbocycles. The highest BCUT2D eigenvalue weighted by Crippen LogP contribution is 2.20. The summed E-state index contributed by atoms with van der Waals surface area (Å²) in [6, 6.07) is 7.85. The largest absolute Gasteiger partial charge is 0.468 e. The Bertz CT molecular complexity index is 357.